The first-order chi connectivity index (χ1) is 30.8. The molecule has 2 aromatic carbocycles. The minimum Gasteiger partial charge on any atom is -0.460 e. The van der Waals surface area contributed by atoms with Gasteiger partial charge in [-0.25, -0.2) is 17.8 Å². The van der Waals surface area contributed by atoms with E-state index >= 15 is 0 Å². The lowest BCUT2D eigenvalue weighted by atomic mass is 9.90. The summed E-state index contributed by atoms with van der Waals surface area (Å²) in [5.74, 6) is -3.31. The predicted molar refractivity (Wildman–Crippen MR) is 246 cm³/mol. The Morgan fingerprint density at radius 3 is 2.51 bits per heavy atom. The Hall–Kier alpha value is -4.96. The number of carbonyl (C=O) groups excluding carboxylic acids is 4. The molecule has 0 unspecified atom stereocenters. The fourth-order valence-corrected chi connectivity index (χ4v) is 11.5. The molecule has 2 aromatic heterocycles. The maximum absolute atomic E-state index is 14.9. The number of amides is 2. The summed E-state index contributed by atoms with van der Waals surface area (Å²) in [6, 6.07) is 11.4. The lowest BCUT2D eigenvalue weighted by molar-refractivity contribution is -0.159. The van der Waals surface area contributed by atoms with Gasteiger partial charge in [-0.05, 0) is 116 Å². The van der Waals surface area contributed by atoms with Gasteiger partial charge in [0, 0.05) is 42.2 Å². The minimum atomic E-state index is -3.98. The molecule has 0 spiro atoms. The van der Waals surface area contributed by atoms with E-state index in [-0.39, 0.29) is 55.3 Å². The number of fused-ring (bicyclic) bond motifs is 3. The zero-order chi connectivity index (χ0) is 46.5. The summed E-state index contributed by atoms with van der Waals surface area (Å²) in [6.45, 7) is 11.0. The first kappa shape index (κ1) is 46.6. The normalized spacial score (nSPS) is 25.3. The van der Waals surface area contributed by atoms with Gasteiger partial charge < -0.3 is 14.4 Å². The highest BCUT2D eigenvalue weighted by Gasteiger charge is 2.62. The van der Waals surface area contributed by atoms with Gasteiger partial charge in [0.25, 0.3) is 6.01 Å². The van der Waals surface area contributed by atoms with E-state index in [1.807, 2.05) is 54.1 Å². The number of halogens is 1. The van der Waals surface area contributed by atoms with Crippen molar-refractivity contribution in [2.24, 2.45) is 17.3 Å². The predicted octanol–water partition coefficient (Wildman–Crippen LogP) is 8.65. The van der Waals surface area contributed by atoms with Gasteiger partial charge in [0.05, 0.1) is 40.4 Å². The van der Waals surface area contributed by atoms with Gasteiger partial charge in [0.2, 0.25) is 21.8 Å². The maximum Gasteiger partial charge on any atom is 0.307 e. The van der Waals surface area contributed by atoms with Gasteiger partial charge in [-0.1, -0.05) is 43.2 Å². The Bertz CT molecular complexity index is 2610. The van der Waals surface area contributed by atoms with Crippen LogP contribution in [0.1, 0.15) is 129 Å². The van der Waals surface area contributed by atoms with Crippen molar-refractivity contribution in [1.82, 2.24) is 24.2 Å². The molecule has 8 rings (SSSR count). The highest BCUT2D eigenvalue weighted by Crippen LogP contribution is 2.57. The molecular formula is C49H60FN5O8S2. The van der Waals surface area contributed by atoms with Crippen molar-refractivity contribution in [3.05, 3.63) is 77.1 Å². The zero-order valence-electron chi connectivity index (χ0n) is 38.1. The molecule has 65 heavy (non-hydrogen) atoms. The van der Waals surface area contributed by atoms with E-state index in [1.54, 1.807) is 39.8 Å². The number of hydrogen-bond donors (Lipinski definition) is 1. The van der Waals surface area contributed by atoms with Crippen LogP contribution in [0.2, 0.25) is 0 Å². The fraction of sp³-hybridized carbons (Fsp3) is 0.551. The quantitative estimate of drug-likeness (QED) is 0.114. The van der Waals surface area contributed by atoms with E-state index < -0.39 is 55.7 Å². The fourth-order valence-electron chi connectivity index (χ4n) is 9.33. The number of nitrogens with zero attached hydrogens (tertiary/aromatic N) is 4. The van der Waals surface area contributed by atoms with Crippen LogP contribution in [0, 0.1) is 23.1 Å². The van der Waals surface area contributed by atoms with E-state index in [1.165, 1.54) is 28.4 Å². The SMILES string of the molecule is CC(C)n1c(O[C@@H]2C[C@H]3C(=O)C[C@]4(C(=O)NS(=O)(=O)C5(C)CC5)C[C@@H]4/C=C\CCCCC[C@H](CC(=O)OC(C)(C)C)C(=O)N3C2)nc2c(-c3nc(Cc4ccc(F)cc4)cs3)cccc21. The molecule has 1 saturated heterocycles. The number of para-hydroxylation sites is 1. The van der Waals surface area contributed by atoms with E-state index in [2.05, 4.69) is 4.72 Å². The summed E-state index contributed by atoms with van der Waals surface area (Å²) in [5.41, 5.74) is 2.04. The standard InChI is InChI=1S/C49H60FN5O8S2/c1-30(2)55-38-16-12-15-37(43-51-35(29-64-43)23-31-17-19-34(50)20-18-31)42(38)52-46(55)62-36-25-39-40(56)27-49(45(59)53-65(60,61)48(6)21-22-48)26-33(49)14-11-9-7-8-10-13-32(44(58)54(39)28-36)24-41(57)63-47(3,4)5/h11-12,14-20,29-30,32-33,36,39H,7-10,13,21-28H2,1-6H3,(H,53,59)/b14-11-/t32-,33+,36-,39+,49-/m1/s1. The third kappa shape index (κ3) is 10.1. The van der Waals surface area contributed by atoms with E-state index in [0.717, 1.165) is 46.6 Å². The molecule has 0 radical (unpaired) electrons. The van der Waals surface area contributed by atoms with Crippen molar-refractivity contribution in [2.45, 2.75) is 147 Å². The zero-order valence-corrected chi connectivity index (χ0v) is 39.7. The number of allylic oxidation sites excluding steroid dienone is 2. The van der Waals surface area contributed by atoms with Gasteiger partial charge in [-0.3, -0.25) is 28.5 Å². The van der Waals surface area contributed by atoms with E-state index in [0.29, 0.717) is 50.1 Å². The van der Waals surface area contributed by atoms with Crippen molar-refractivity contribution < 1.29 is 41.5 Å². The molecule has 3 fully saturated rings. The van der Waals surface area contributed by atoms with Crippen LogP contribution in [0.3, 0.4) is 0 Å². The number of rotatable bonds is 11. The highest BCUT2D eigenvalue weighted by atomic mass is 32.2. The number of nitrogens with one attached hydrogen (secondary N) is 1. The molecule has 4 heterocycles. The monoisotopic (exact) mass is 929 g/mol. The smallest absolute Gasteiger partial charge is 0.307 e. The van der Waals surface area contributed by atoms with Crippen LogP contribution < -0.4 is 9.46 Å². The molecule has 0 bridgehead atoms. The number of imidazole rings is 1. The van der Waals surface area contributed by atoms with Gasteiger partial charge in [0.1, 0.15) is 28.0 Å². The number of carbonyl (C=O) groups is 4. The summed E-state index contributed by atoms with van der Waals surface area (Å²) < 4.78 is 56.0. The maximum atomic E-state index is 14.9. The Morgan fingerprint density at radius 1 is 1.05 bits per heavy atom. The molecular weight excluding hydrogens is 870 g/mol. The molecule has 348 valence electrons. The summed E-state index contributed by atoms with van der Waals surface area (Å²) in [5, 5.41) is 2.75. The first-order valence-corrected chi connectivity index (χ1v) is 25.3. The number of ketones is 1. The van der Waals surface area contributed by atoms with Crippen molar-refractivity contribution in [3.8, 4) is 16.6 Å². The molecule has 4 aliphatic rings. The average Bonchev–Trinajstić information content (AvgIpc) is 3.92. The third-order valence-corrected chi connectivity index (χ3v) is 16.4. The van der Waals surface area contributed by atoms with Gasteiger partial charge in [0.15, 0.2) is 5.78 Å². The van der Waals surface area contributed by atoms with Crippen LogP contribution in [-0.2, 0) is 40.4 Å². The van der Waals surface area contributed by atoms with Crippen LogP contribution >= 0.6 is 11.3 Å². The van der Waals surface area contributed by atoms with Crippen molar-refractivity contribution >= 4 is 56.0 Å². The van der Waals surface area contributed by atoms with Crippen molar-refractivity contribution in [1.29, 1.82) is 0 Å². The van der Waals surface area contributed by atoms with Crippen LogP contribution in [0.5, 0.6) is 6.01 Å². The number of esters is 1. The Labute approximate surface area is 384 Å². The Morgan fingerprint density at radius 2 is 1.80 bits per heavy atom. The number of thiazole rings is 1. The van der Waals surface area contributed by atoms with Crippen LogP contribution in [0.15, 0.2) is 60.0 Å². The Balaban J connectivity index is 1.11. The number of sulfonamides is 1. The van der Waals surface area contributed by atoms with Gasteiger partial charge in [-0.2, -0.15) is 4.98 Å². The first-order valence-electron chi connectivity index (χ1n) is 22.9. The van der Waals surface area contributed by atoms with Crippen LogP contribution in [0.4, 0.5) is 4.39 Å². The van der Waals surface area contributed by atoms with Crippen LogP contribution in [0.25, 0.3) is 21.6 Å². The number of aromatic nitrogens is 3. The van der Waals surface area contributed by atoms with Gasteiger partial charge in [-0.15, -0.1) is 11.3 Å². The number of Topliss-reactive ketones (excluding diaryl/α,β-unsaturated/α-hetero) is 1. The summed E-state index contributed by atoms with van der Waals surface area (Å²) in [6.07, 6.45) is 8.14. The van der Waals surface area contributed by atoms with Crippen molar-refractivity contribution in [2.75, 3.05) is 6.54 Å². The molecule has 5 atom stereocenters. The van der Waals surface area contributed by atoms with Gasteiger partial charge >= 0.3 is 5.97 Å². The molecule has 1 N–H and O–H groups in total. The molecule has 16 heteroatoms. The lowest BCUT2D eigenvalue weighted by Crippen LogP contribution is -2.47. The molecule has 4 aromatic rings. The Kier molecular flexibility index (Phi) is 12.9. The second-order valence-corrected chi connectivity index (χ2v) is 23.1. The molecule has 2 saturated carbocycles. The minimum absolute atomic E-state index is 0.0305. The van der Waals surface area contributed by atoms with Crippen LogP contribution in [-0.4, -0.2) is 80.5 Å². The topological polar surface area (TPSA) is 167 Å². The molecule has 2 amide bonds. The van der Waals surface area contributed by atoms with E-state index in [4.69, 9.17) is 19.4 Å². The average molecular weight is 930 g/mol. The third-order valence-electron chi connectivity index (χ3n) is 13.4. The highest BCUT2D eigenvalue weighted by molar-refractivity contribution is 7.91. The largest absolute Gasteiger partial charge is 0.460 e. The lowest BCUT2D eigenvalue weighted by Gasteiger charge is -2.29. The second-order valence-electron chi connectivity index (χ2n) is 20.0. The molecule has 2 aliphatic heterocycles. The number of hydrogen-bond acceptors (Lipinski definition) is 11. The summed E-state index contributed by atoms with van der Waals surface area (Å²) >= 11 is 1.49. The number of ether oxygens (including phenoxy) is 2. The molecule has 2 aliphatic carbocycles. The molecule has 13 nitrogen and oxygen atoms in total. The summed E-state index contributed by atoms with van der Waals surface area (Å²) in [4.78, 5) is 68.6. The van der Waals surface area contributed by atoms with Crippen molar-refractivity contribution in [3.63, 3.8) is 0 Å². The van der Waals surface area contributed by atoms with E-state index in [9.17, 15) is 32.0 Å². The number of benzene rings is 2. The second kappa shape index (κ2) is 18.0. The summed E-state index contributed by atoms with van der Waals surface area (Å²) in [7, 11) is -3.98.